The quantitative estimate of drug-likeness (QED) is 0.940. The van der Waals surface area contributed by atoms with Crippen molar-refractivity contribution in [3.63, 3.8) is 0 Å². The number of halogens is 2. The van der Waals surface area contributed by atoms with Crippen molar-refractivity contribution in [2.45, 2.75) is 6.42 Å². The summed E-state index contributed by atoms with van der Waals surface area (Å²) in [4.78, 5) is 16.8. The summed E-state index contributed by atoms with van der Waals surface area (Å²) in [5, 5.41) is 3.17. The highest BCUT2D eigenvalue weighted by Gasteiger charge is 2.09. The molecule has 0 saturated heterocycles. The summed E-state index contributed by atoms with van der Waals surface area (Å²) in [6, 6.07) is 5.40. The van der Waals surface area contributed by atoms with E-state index in [2.05, 4.69) is 10.3 Å². The van der Waals surface area contributed by atoms with Crippen LogP contribution in [0.15, 0.2) is 30.6 Å². The topological polar surface area (TPSA) is 42.0 Å². The van der Waals surface area contributed by atoms with Crippen LogP contribution in [-0.2, 0) is 6.42 Å². The lowest BCUT2D eigenvalue weighted by Gasteiger charge is -2.05. The lowest BCUT2D eigenvalue weighted by molar-refractivity contribution is 0.0954. The standard InChI is InChI=1S/C12H10Cl2N2OS/c13-10-7-15-5-4-9(10)12(17)16-6-3-8-1-2-11(14)18-8/h1-2,4-5,7H,3,6H2,(H,16,17). The van der Waals surface area contributed by atoms with Crippen LogP contribution in [0.5, 0.6) is 0 Å². The van der Waals surface area contributed by atoms with Crippen LogP contribution in [0.25, 0.3) is 0 Å². The Morgan fingerprint density at radius 3 is 2.83 bits per heavy atom. The second-order valence-corrected chi connectivity index (χ2v) is 5.77. The normalized spacial score (nSPS) is 10.3. The number of thiophene rings is 1. The van der Waals surface area contributed by atoms with E-state index in [1.807, 2.05) is 12.1 Å². The molecule has 0 unspecified atom stereocenters. The molecule has 2 aromatic heterocycles. The largest absolute Gasteiger partial charge is 0.352 e. The summed E-state index contributed by atoms with van der Waals surface area (Å²) in [7, 11) is 0. The average molecular weight is 301 g/mol. The van der Waals surface area contributed by atoms with E-state index >= 15 is 0 Å². The lowest BCUT2D eigenvalue weighted by Crippen LogP contribution is -2.25. The van der Waals surface area contributed by atoms with Gasteiger partial charge in [0.25, 0.3) is 5.91 Å². The molecule has 0 aliphatic carbocycles. The van der Waals surface area contributed by atoms with E-state index in [0.29, 0.717) is 17.1 Å². The summed E-state index contributed by atoms with van der Waals surface area (Å²) in [5.74, 6) is -0.190. The molecular weight excluding hydrogens is 291 g/mol. The number of hydrogen-bond donors (Lipinski definition) is 1. The predicted octanol–water partition coefficient (Wildman–Crippen LogP) is 3.42. The molecule has 0 aliphatic heterocycles. The molecular formula is C12H10Cl2N2OS. The Morgan fingerprint density at radius 1 is 1.33 bits per heavy atom. The first-order chi connectivity index (χ1) is 8.66. The predicted molar refractivity (Wildman–Crippen MR) is 74.6 cm³/mol. The van der Waals surface area contributed by atoms with Crippen LogP contribution < -0.4 is 5.32 Å². The highest BCUT2D eigenvalue weighted by atomic mass is 35.5. The fourth-order valence-corrected chi connectivity index (χ4v) is 2.73. The average Bonchev–Trinajstić information content (AvgIpc) is 2.75. The van der Waals surface area contributed by atoms with Crippen molar-refractivity contribution in [2.24, 2.45) is 0 Å². The van der Waals surface area contributed by atoms with Crippen molar-refractivity contribution in [1.82, 2.24) is 10.3 Å². The minimum Gasteiger partial charge on any atom is -0.352 e. The van der Waals surface area contributed by atoms with E-state index in [0.717, 1.165) is 15.6 Å². The van der Waals surface area contributed by atoms with Crippen LogP contribution in [0.2, 0.25) is 9.36 Å². The molecule has 18 heavy (non-hydrogen) atoms. The van der Waals surface area contributed by atoms with Crippen LogP contribution in [0.1, 0.15) is 15.2 Å². The first kappa shape index (κ1) is 13.3. The molecule has 0 fully saturated rings. The molecule has 0 spiro atoms. The third kappa shape index (κ3) is 3.45. The Hall–Kier alpha value is -1.10. The van der Waals surface area contributed by atoms with E-state index in [-0.39, 0.29) is 5.91 Å². The number of aromatic nitrogens is 1. The number of carbonyl (C=O) groups is 1. The van der Waals surface area contributed by atoms with Crippen molar-refractivity contribution in [1.29, 1.82) is 0 Å². The number of nitrogens with one attached hydrogen (secondary N) is 1. The van der Waals surface area contributed by atoms with E-state index in [4.69, 9.17) is 23.2 Å². The lowest BCUT2D eigenvalue weighted by atomic mass is 10.2. The van der Waals surface area contributed by atoms with Gasteiger partial charge in [-0.25, -0.2) is 0 Å². The fourth-order valence-electron chi connectivity index (χ4n) is 1.44. The van der Waals surface area contributed by atoms with Gasteiger partial charge in [-0.1, -0.05) is 23.2 Å². The van der Waals surface area contributed by atoms with Gasteiger partial charge < -0.3 is 5.32 Å². The number of rotatable bonds is 4. The maximum absolute atomic E-state index is 11.8. The zero-order chi connectivity index (χ0) is 13.0. The molecule has 0 atom stereocenters. The zero-order valence-corrected chi connectivity index (χ0v) is 11.6. The molecule has 1 amide bonds. The Labute approximate surface area is 119 Å². The minimum absolute atomic E-state index is 0.190. The fraction of sp³-hybridized carbons (Fsp3) is 0.167. The van der Waals surface area contributed by atoms with Crippen LogP contribution in [0, 0.1) is 0 Å². The second-order valence-electron chi connectivity index (χ2n) is 3.57. The maximum Gasteiger partial charge on any atom is 0.252 e. The monoisotopic (exact) mass is 300 g/mol. The van der Waals surface area contributed by atoms with Gasteiger partial charge in [0.15, 0.2) is 0 Å². The minimum atomic E-state index is -0.190. The highest BCUT2D eigenvalue weighted by molar-refractivity contribution is 7.16. The van der Waals surface area contributed by atoms with Gasteiger partial charge in [0, 0.05) is 23.8 Å². The summed E-state index contributed by atoms with van der Waals surface area (Å²) >= 11 is 13.2. The van der Waals surface area contributed by atoms with Gasteiger partial charge in [-0.3, -0.25) is 9.78 Å². The highest BCUT2D eigenvalue weighted by Crippen LogP contribution is 2.21. The third-order valence-electron chi connectivity index (χ3n) is 2.30. The molecule has 0 aromatic carbocycles. The van der Waals surface area contributed by atoms with Gasteiger partial charge in [-0.05, 0) is 24.6 Å². The number of hydrogen-bond acceptors (Lipinski definition) is 3. The summed E-state index contributed by atoms with van der Waals surface area (Å²) in [5.41, 5.74) is 0.441. The summed E-state index contributed by atoms with van der Waals surface area (Å²) in [6.45, 7) is 0.550. The molecule has 0 saturated carbocycles. The summed E-state index contributed by atoms with van der Waals surface area (Å²) in [6.07, 6.45) is 3.75. The first-order valence-corrected chi connectivity index (χ1v) is 6.86. The number of nitrogens with zero attached hydrogens (tertiary/aromatic N) is 1. The van der Waals surface area contributed by atoms with Gasteiger partial charge in [-0.15, -0.1) is 11.3 Å². The molecule has 2 rings (SSSR count). The van der Waals surface area contributed by atoms with Crippen LogP contribution in [-0.4, -0.2) is 17.4 Å². The molecule has 1 N–H and O–H groups in total. The zero-order valence-electron chi connectivity index (χ0n) is 9.32. The Bertz CT molecular complexity index is 557. The Balaban J connectivity index is 1.87. The molecule has 0 radical (unpaired) electrons. The number of pyridine rings is 1. The molecule has 6 heteroatoms. The van der Waals surface area contributed by atoms with E-state index in [1.165, 1.54) is 17.5 Å². The van der Waals surface area contributed by atoms with Crippen molar-refractivity contribution < 1.29 is 4.79 Å². The van der Waals surface area contributed by atoms with E-state index in [1.54, 1.807) is 12.3 Å². The molecule has 2 aromatic rings. The van der Waals surface area contributed by atoms with Gasteiger partial charge >= 0.3 is 0 Å². The van der Waals surface area contributed by atoms with E-state index < -0.39 is 0 Å². The van der Waals surface area contributed by atoms with E-state index in [9.17, 15) is 4.79 Å². The first-order valence-electron chi connectivity index (χ1n) is 5.29. The maximum atomic E-state index is 11.8. The van der Waals surface area contributed by atoms with Gasteiger partial charge in [0.05, 0.1) is 14.9 Å². The third-order valence-corrected chi connectivity index (χ3v) is 3.90. The molecule has 2 heterocycles. The van der Waals surface area contributed by atoms with Crippen LogP contribution in [0.3, 0.4) is 0 Å². The molecule has 0 bridgehead atoms. The summed E-state index contributed by atoms with van der Waals surface area (Å²) < 4.78 is 0.758. The Kier molecular flexibility index (Phi) is 4.58. The van der Waals surface area contributed by atoms with Gasteiger partial charge in [0.1, 0.15) is 0 Å². The Morgan fingerprint density at radius 2 is 2.17 bits per heavy atom. The molecule has 3 nitrogen and oxygen atoms in total. The molecule has 0 aliphatic rings. The number of amides is 1. The van der Waals surface area contributed by atoms with Crippen molar-refractivity contribution in [3.8, 4) is 0 Å². The van der Waals surface area contributed by atoms with Crippen molar-refractivity contribution in [2.75, 3.05) is 6.54 Å². The van der Waals surface area contributed by atoms with Crippen LogP contribution in [0.4, 0.5) is 0 Å². The molecule has 94 valence electrons. The number of carbonyl (C=O) groups excluding carboxylic acids is 1. The van der Waals surface area contributed by atoms with Gasteiger partial charge in [0.2, 0.25) is 0 Å². The van der Waals surface area contributed by atoms with Gasteiger partial charge in [-0.2, -0.15) is 0 Å². The van der Waals surface area contributed by atoms with Crippen molar-refractivity contribution in [3.05, 3.63) is 50.4 Å². The van der Waals surface area contributed by atoms with Crippen LogP contribution >= 0.6 is 34.5 Å². The smallest absolute Gasteiger partial charge is 0.252 e. The SMILES string of the molecule is O=C(NCCc1ccc(Cl)s1)c1ccncc1Cl. The van der Waals surface area contributed by atoms with Crippen molar-refractivity contribution >= 4 is 40.4 Å². The second kappa shape index (κ2) is 6.18.